The molecule has 8 nitrogen and oxygen atoms in total. The van der Waals surface area contributed by atoms with Crippen LogP contribution >= 0.6 is 11.3 Å². The minimum Gasteiger partial charge on any atom is -0.444 e. The van der Waals surface area contributed by atoms with Crippen LogP contribution in [0.15, 0.2) is 66.9 Å². The SMILES string of the molecule is C[C@H](Nc1nccc(-c2sc(N3CCN(C(=O)OC(C)(C)C)CC3)nc2-c2ccccc2F)n1)c1ccccc1. The molecule has 0 unspecified atom stereocenters. The molecule has 1 N–H and O–H groups in total. The third-order valence-corrected chi connectivity index (χ3v) is 7.62. The Labute approximate surface area is 237 Å². The van der Waals surface area contributed by atoms with Crippen molar-refractivity contribution in [3.8, 4) is 21.8 Å². The smallest absolute Gasteiger partial charge is 0.410 e. The monoisotopic (exact) mass is 560 g/mol. The Kier molecular flexibility index (Phi) is 7.97. The molecule has 4 aromatic rings. The molecule has 1 aliphatic heterocycles. The Balaban J connectivity index is 1.42. The Hall–Kier alpha value is -4.05. The van der Waals surface area contributed by atoms with Crippen LogP contribution in [0.25, 0.3) is 21.8 Å². The van der Waals surface area contributed by atoms with Crippen LogP contribution in [0.5, 0.6) is 0 Å². The molecule has 2 aromatic carbocycles. The summed E-state index contributed by atoms with van der Waals surface area (Å²) in [5, 5.41) is 4.12. The predicted octanol–water partition coefficient (Wildman–Crippen LogP) is 6.64. The Morgan fingerprint density at radius 1 is 1.00 bits per heavy atom. The number of piperazine rings is 1. The molecule has 5 rings (SSSR count). The van der Waals surface area contributed by atoms with Gasteiger partial charge in [-0.25, -0.2) is 24.1 Å². The van der Waals surface area contributed by atoms with Gasteiger partial charge in [-0.1, -0.05) is 53.8 Å². The summed E-state index contributed by atoms with van der Waals surface area (Å²) in [6.45, 7) is 9.84. The van der Waals surface area contributed by atoms with E-state index in [0.717, 1.165) is 15.6 Å². The van der Waals surface area contributed by atoms with Gasteiger partial charge in [-0.05, 0) is 51.5 Å². The number of carbonyl (C=O) groups excluding carboxylic acids is 1. The molecule has 3 heterocycles. The van der Waals surface area contributed by atoms with Crippen molar-refractivity contribution in [1.29, 1.82) is 0 Å². The number of nitrogens with zero attached hydrogens (tertiary/aromatic N) is 5. The van der Waals surface area contributed by atoms with Crippen LogP contribution in [0, 0.1) is 5.82 Å². The number of hydrogen-bond donors (Lipinski definition) is 1. The third-order valence-electron chi connectivity index (χ3n) is 6.48. The van der Waals surface area contributed by atoms with Gasteiger partial charge in [-0.3, -0.25) is 0 Å². The lowest BCUT2D eigenvalue weighted by Crippen LogP contribution is -2.50. The molecular formula is C30H33FN6O2S. The molecule has 0 aliphatic carbocycles. The summed E-state index contributed by atoms with van der Waals surface area (Å²) in [4.78, 5) is 31.2. The van der Waals surface area contributed by atoms with Crippen molar-refractivity contribution in [2.75, 3.05) is 36.4 Å². The average molecular weight is 561 g/mol. The Bertz CT molecular complexity index is 1460. The van der Waals surface area contributed by atoms with E-state index in [1.165, 1.54) is 17.4 Å². The molecule has 1 atom stereocenters. The van der Waals surface area contributed by atoms with E-state index < -0.39 is 5.60 Å². The molecule has 0 spiro atoms. The third kappa shape index (κ3) is 6.39. The van der Waals surface area contributed by atoms with Gasteiger partial charge in [0.15, 0.2) is 5.13 Å². The van der Waals surface area contributed by atoms with Crippen molar-refractivity contribution in [3.05, 3.63) is 78.2 Å². The molecule has 10 heteroatoms. The fourth-order valence-electron chi connectivity index (χ4n) is 4.43. The van der Waals surface area contributed by atoms with Gasteiger partial charge in [-0.15, -0.1) is 0 Å². The van der Waals surface area contributed by atoms with Crippen LogP contribution in [0.4, 0.5) is 20.3 Å². The summed E-state index contributed by atoms with van der Waals surface area (Å²) in [5.41, 5.74) is 2.19. The van der Waals surface area contributed by atoms with E-state index in [-0.39, 0.29) is 18.0 Å². The number of aromatic nitrogens is 3. The first-order valence-electron chi connectivity index (χ1n) is 13.3. The lowest BCUT2D eigenvalue weighted by Gasteiger charge is -2.35. The standard InChI is InChI=1S/C30H33FN6O2S/c1-20(21-10-6-5-7-11-21)33-27-32-15-14-24(34-27)26-25(22-12-8-9-13-23(22)31)35-28(40-26)36-16-18-37(19-17-36)29(38)39-30(2,3)4/h5-15,20H,16-19H2,1-4H3,(H,32,33,34)/t20-/m0/s1. The van der Waals surface area contributed by atoms with Gasteiger partial charge >= 0.3 is 6.09 Å². The van der Waals surface area contributed by atoms with Crippen LogP contribution in [-0.4, -0.2) is 57.7 Å². The minimum absolute atomic E-state index is 0.000721. The molecule has 1 saturated heterocycles. The van der Waals surface area contributed by atoms with Crippen LogP contribution in [0.3, 0.4) is 0 Å². The summed E-state index contributed by atoms with van der Waals surface area (Å²) in [7, 11) is 0. The fourth-order valence-corrected chi connectivity index (χ4v) is 5.54. The molecule has 2 aromatic heterocycles. The van der Waals surface area contributed by atoms with Gasteiger partial charge in [0.25, 0.3) is 0 Å². The summed E-state index contributed by atoms with van der Waals surface area (Å²) < 4.78 is 20.5. The number of amides is 1. The first kappa shape index (κ1) is 27.5. The molecule has 0 radical (unpaired) electrons. The second-order valence-electron chi connectivity index (χ2n) is 10.7. The topological polar surface area (TPSA) is 83.5 Å². The van der Waals surface area contributed by atoms with E-state index in [9.17, 15) is 9.18 Å². The average Bonchev–Trinajstić information content (AvgIpc) is 3.38. The zero-order valence-electron chi connectivity index (χ0n) is 23.1. The Morgan fingerprint density at radius 2 is 1.70 bits per heavy atom. The van der Waals surface area contributed by atoms with Crippen LogP contribution in [0.1, 0.15) is 39.3 Å². The summed E-state index contributed by atoms with van der Waals surface area (Å²) >= 11 is 1.46. The summed E-state index contributed by atoms with van der Waals surface area (Å²) in [6.07, 6.45) is 1.39. The van der Waals surface area contributed by atoms with Crippen molar-refractivity contribution in [2.45, 2.75) is 39.3 Å². The highest BCUT2D eigenvalue weighted by Gasteiger charge is 2.28. The van der Waals surface area contributed by atoms with Gasteiger partial charge in [-0.2, -0.15) is 0 Å². The van der Waals surface area contributed by atoms with Gasteiger partial charge < -0.3 is 19.9 Å². The molecule has 40 heavy (non-hydrogen) atoms. The number of thiazole rings is 1. The summed E-state index contributed by atoms with van der Waals surface area (Å²) in [5.74, 6) is 0.134. The van der Waals surface area contributed by atoms with Crippen molar-refractivity contribution < 1.29 is 13.9 Å². The van der Waals surface area contributed by atoms with Gasteiger partial charge in [0.05, 0.1) is 22.3 Å². The van der Waals surface area contributed by atoms with Crippen molar-refractivity contribution >= 4 is 28.5 Å². The quantitative estimate of drug-likeness (QED) is 0.283. The zero-order chi connectivity index (χ0) is 28.3. The highest BCUT2D eigenvalue weighted by atomic mass is 32.1. The van der Waals surface area contributed by atoms with Crippen LogP contribution < -0.4 is 10.2 Å². The molecule has 208 valence electrons. The zero-order valence-corrected chi connectivity index (χ0v) is 23.9. The molecule has 0 saturated carbocycles. The van der Waals surface area contributed by atoms with Gasteiger partial charge in [0, 0.05) is 37.9 Å². The fraction of sp³-hybridized carbons (Fsp3) is 0.333. The van der Waals surface area contributed by atoms with Crippen molar-refractivity contribution in [3.63, 3.8) is 0 Å². The number of halogens is 1. The first-order chi connectivity index (χ1) is 19.2. The lowest BCUT2D eigenvalue weighted by atomic mass is 10.1. The van der Waals surface area contributed by atoms with Crippen LogP contribution in [-0.2, 0) is 4.74 Å². The number of rotatable bonds is 6. The van der Waals surface area contributed by atoms with E-state index in [2.05, 4.69) is 34.3 Å². The number of anilines is 2. The number of carbonyl (C=O) groups is 1. The molecular weight excluding hydrogens is 527 g/mol. The van der Waals surface area contributed by atoms with E-state index in [0.29, 0.717) is 49.1 Å². The highest BCUT2D eigenvalue weighted by Crippen LogP contribution is 2.41. The normalized spacial score (nSPS) is 14.6. The van der Waals surface area contributed by atoms with E-state index in [4.69, 9.17) is 14.7 Å². The van der Waals surface area contributed by atoms with E-state index >= 15 is 0 Å². The van der Waals surface area contributed by atoms with Crippen molar-refractivity contribution in [1.82, 2.24) is 19.9 Å². The van der Waals surface area contributed by atoms with Crippen molar-refractivity contribution in [2.24, 2.45) is 0 Å². The van der Waals surface area contributed by atoms with Gasteiger partial charge in [0.2, 0.25) is 5.95 Å². The number of ether oxygens (including phenoxy) is 1. The maximum absolute atomic E-state index is 15.0. The maximum atomic E-state index is 15.0. The van der Waals surface area contributed by atoms with Crippen LogP contribution in [0.2, 0.25) is 0 Å². The largest absolute Gasteiger partial charge is 0.444 e. The molecule has 1 fully saturated rings. The Morgan fingerprint density at radius 3 is 2.40 bits per heavy atom. The predicted molar refractivity (Wildman–Crippen MR) is 157 cm³/mol. The van der Waals surface area contributed by atoms with E-state index in [1.54, 1.807) is 29.3 Å². The second-order valence-corrected chi connectivity index (χ2v) is 11.6. The number of benzene rings is 2. The van der Waals surface area contributed by atoms with Gasteiger partial charge in [0.1, 0.15) is 11.4 Å². The summed E-state index contributed by atoms with van der Waals surface area (Å²) in [6, 6.07) is 18.5. The molecule has 0 bridgehead atoms. The maximum Gasteiger partial charge on any atom is 0.410 e. The molecule has 1 aliphatic rings. The highest BCUT2D eigenvalue weighted by molar-refractivity contribution is 7.19. The second kappa shape index (κ2) is 11.6. The molecule has 1 amide bonds. The first-order valence-corrected chi connectivity index (χ1v) is 14.1. The lowest BCUT2D eigenvalue weighted by molar-refractivity contribution is 0.0240. The number of hydrogen-bond acceptors (Lipinski definition) is 8. The minimum atomic E-state index is -0.544. The van der Waals surface area contributed by atoms with E-state index in [1.807, 2.05) is 45.0 Å². The number of nitrogens with one attached hydrogen (secondary N) is 1.